The molecular weight excluding hydrogens is 253 g/mol. The number of nitrogens with two attached hydrogens (primary N) is 1. The quantitative estimate of drug-likeness (QED) is 0.652. The minimum absolute atomic E-state index is 0.158. The van der Waals surface area contributed by atoms with Gasteiger partial charge in [-0.05, 0) is 12.1 Å². The van der Waals surface area contributed by atoms with Crippen molar-refractivity contribution in [2.45, 2.75) is 18.1 Å². The largest absolute Gasteiger partial charge is 0.474 e. The lowest BCUT2D eigenvalue weighted by molar-refractivity contribution is -0.131. The molecule has 1 aromatic carbocycles. The van der Waals surface area contributed by atoms with E-state index >= 15 is 0 Å². The van der Waals surface area contributed by atoms with Crippen LogP contribution in [0.3, 0.4) is 0 Å². The maximum absolute atomic E-state index is 13.1. The topological polar surface area (TPSA) is 93.5 Å². The fourth-order valence-corrected chi connectivity index (χ4v) is 2.40. The van der Waals surface area contributed by atoms with Crippen molar-refractivity contribution >= 4 is 17.5 Å². The first-order valence-electron chi connectivity index (χ1n) is 5.83. The van der Waals surface area contributed by atoms with E-state index < -0.39 is 29.3 Å². The third-order valence-electron chi connectivity index (χ3n) is 3.42. The molecule has 0 aromatic heterocycles. The van der Waals surface area contributed by atoms with Crippen LogP contribution in [0.1, 0.15) is 6.42 Å². The predicted octanol–water partition coefficient (Wildman–Crippen LogP) is -0.257. The second-order valence-electron chi connectivity index (χ2n) is 4.73. The van der Waals surface area contributed by atoms with E-state index in [1.165, 1.54) is 18.2 Å². The molecule has 1 fully saturated rings. The number of carbonyl (C=O) groups excluding carboxylic acids is 2. The van der Waals surface area contributed by atoms with Crippen molar-refractivity contribution in [3.05, 3.63) is 24.0 Å². The summed E-state index contributed by atoms with van der Waals surface area (Å²) in [6.07, 6.45) is 0.158. The summed E-state index contributed by atoms with van der Waals surface area (Å²) in [5.41, 5.74) is 4.34. The van der Waals surface area contributed by atoms with E-state index in [0.29, 0.717) is 5.75 Å². The summed E-state index contributed by atoms with van der Waals surface area (Å²) in [6, 6.07) is 3.28. The second-order valence-corrected chi connectivity index (χ2v) is 4.73. The molecule has 0 bridgehead atoms. The number of hydrogen-bond acceptors (Lipinski definition) is 4. The summed E-state index contributed by atoms with van der Waals surface area (Å²) >= 11 is 0. The van der Waals surface area contributed by atoms with Crippen LogP contribution >= 0.6 is 0 Å². The van der Waals surface area contributed by atoms with Gasteiger partial charge in [-0.3, -0.25) is 9.59 Å². The third kappa shape index (κ3) is 1.82. The van der Waals surface area contributed by atoms with E-state index in [2.05, 4.69) is 10.6 Å². The molecule has 2 atom stereocenters. The number of anilines is 1. The summed E-state index contributed by atoms with van der Waals surface area (Å²) in [4.78, 5) is 23.3. The van der Waals surface area contributed by atoms with Crippen molar-refractivity contribution in [3.8, 4) is 5.75 Å². The van der Waals surface area contributed by atoms with Crippen LogP contribution in [0.15, 0.2) is 18.2 Å². The molecule has 2 heterocycles. The lowest BCUT2D eigenvalue weighted by Crippen LogP contribution is -2.52. The van der Waals surface area contributed by atoms with Gasteiger partial charge in [-0.15, -0.1) is 0 Å². The molecule has 1 aromatic rings. The second kappa shape index (κ2) is 3.92. The molecule has 1 saturated heterocycles. The number of benzene rings is 1. The number of halogens is 1. The Hall–Kier alpha value is -2.15. The molecule has 7 heteroatoms. The van der Waals surface area contributed by atoms with Gasteiger partial charge in [-0.25, -0.2) is 4.39 Å². The van der Waals surface area contributed by atoms with Gasteiger partial charge in [0.15, 0.2) is 0 Å². The molecule has 0 unspecified atom stereocenters. The minimum atomic E-state index is -1.16. The Balaban J connectivity index is 1.92. The Bertz CT molecular complexity index is 577. The summed E-state index contributed by atoms with van der Waals surface area (Å²) in [5.74, 6) is -1.01. The van der Waals surface area contributed by atoms with Crippen LogP contribution < -0.4 is 21.1 Å². The minimum Gasteiger partial charge on any atom is -0.474 e. The highest BCUT2D eigenvalue weighted by atomic mass is 19.1. The Labute approximate surface area is 108 Å². The van der Waals surface area contributed by atoms with E-state index in [1.54, 1.807) is 0 Å². The fourth-order valence-electron chi connectivity index (χ4n) is 2.40. The van der Waals surface area contributed by atoms with Gasteiger partial charge in [-0.1, -0.05) is 0 Å². The van der Waals surface area contributed by atoms with Crippen LogP contribution in [-0.2, 0) is 9.59 Å². The SMILES string of the molecule is NC(=O)[C@@H]1C[C@]2(CN1)Oc1ccc(F)cc1NC2=O. The van der Waals surface area contributed by atoms with Crippen molar-refractivity contribution < 1.29 is 18.7 Å². The van der Waals surface area contributed by atoms with E-state index in [4.69, 9.17) is 10.5 Å². The van der Waals surface area contributed by atoms with E-state index in [-0.39, 0.29) is 18.7 Å². The first-order chi connectivity index (χ1) is 9.00. The van der Waals surface area contributed by atoms with Crippen LogP contribution in [0.4, 0.5) is 10.1 Å². The molecule has 19 heavy (non-hydrogen) atoms. The first kappa shape index (κ1) is 11.9. The molecule has 0 saturated carbocycles. The number of amides is 2. The van der Waals surface area contributed by atoms with Crippen molar-refractivity contribution in [3.63, 3.8) is 0 Å². The molecule has 4 N–H and O–H groups in total. The van der Waals surface area contributed by atoms with Gasteiger partial charge >= 0.3 is 0 Å². The van der Waals surface area contributed by atoms with Crippen molar-refractivity contribution in [1.82, 2.24) is 5.32 Å². The number of rotatable bonds is 1. The van der Waals surface area contributed by atoms with Crippen molar-refractivity contribution in [2.24, 2.45) is 5.73 Å². The number of fused-ring (bicyclic) bond motifs is 1. The highest BCUT2D eigenvalue weighted by Crippen LogP contribution is 2.37. The maximum Gasteiger partial charge on any atom is 0.270 e. The van der Waals surface area contributed by atoms with E-state index in [9.17, 15) is 14.0 Å². The number of carbonyl (C=O) groups is 2. The Kier molecular flexibility index (Phi) is 2.46. The Morgan fingerprint density at radius 3 is 3.00 bits per heavy atom. The predicted molar refractivity (Wildman–Crippen MR) is 64.0 cm³/mol. The van der Waals surface area contributed by atoms with E-state index in [1.807, 2.05) is 0 Å². The van der Waals surface area contributed by atoms with Gasteiger partial charge in [0.1, 0.15) is 11.6 Å². The average molecular weight is 265 g/mol. The van der Waals surface area contributed by atoms with Crippen LogP contribution in [-0.4, -0.2) is 30.0 Å². The first-order valence-corrected chi connectivity index (χ1v) is 5.83. The van der Waals surface area contributed by atoms with Crippen LogP contribution in [0.2, 0.25) is 0 Å². The average Bonchev–Trinajstić information content (AvgIpc) is 2.77. The summed E-state index contributed by atoms with van der Waals surface area (Å²) in [5, 5.41) is 5.45. The number of ether oxygens (including phenoxy) is 1. The van der Waals surface area contributed by atoms with Gasteiger partial charge < -0.3 is 21.1 Å². The molecule has 0 aliphatic carbocycles. The maximum atomic E-state index is 13.1. The van der Waals surface area contributed by atoms with E-state index in [0.717, 1.165) is 0 Å². The molecule has 100 valence electrons. The Morgan fingerprint density at radius 1 is 1.53 bits per heavy atom. The number of primary amides is 1. The summed E-state index contributed by atoms with van der Waals surface area (Å²) in [7, 11) is 0. The highest BCUT2D eigenvalue weighted by molar-refractivity contribution is 6.02. The fraction of sp³-hybridized carbons (Fsp3) is 0.333. The number of hydrogen-bond donors (Lipinski definition) is 3. The van der Waals surface area contributed by atoms with Gasteiger partial charge in [-0.2, -0.15) is 0 Å². The monoisotopic (exact) mass is 265 g/mol. The third-order valence-corrected chi connectivity index (χ3v) is 3.42. The smallest absolute Gasteiger partial charge is 0.270 e. The molecule has 2 aliphatic rings. The Morgan fingerprint density at radius 2 is 2.32 bits per heavy atom. The molecule has 6 nitrogen and oxygen atoms in total. The van der Waals surface area contributed by atoms with Crippen LogP contribution in [0.5, 0.6) is 5.75 Å². The lowest BCUT2D eigenvalue weighted by Gasteiger charge is -2.33. The van der Waals surface area contributed by atoms with Gasteiger partial charge in [0.05, 0.1) is 11.7 Å². The van der Waals surface area contributed by atoms with Crippen LogP contribution in [0.25, 0.3) is 0 Å². The van der Waals surface area contributed by atoms with Crippen molar-refractivity contribution in [1.29, 1.82) is 0 Å². The summed E-state index contributed by atoms with van der Waals surface area (Å²) < 4.78 is 18.8. The van der Waals surface area contributed by atoms with Crippen molar-refractivity contribution in [2.75, 3.05) is 11.9 Å². The van der Waals surface area contributed by atoms with Gasteiger partial charge in [0.25, 0.3) is 5.91 Å². The molecule has 2 aliphatic heterocycles. The van der Waals surface area contributed by atoms with Gasteiger partial charge in [0.2, 0.25) is 11.5 Å². The molecule has 2 amide bonds. The molecule has 1 spiro atoms. The zero-order chi connectivity index (χ0) is 13.6. The molecular formula is C12H12FN3O3. The lowest BCUT2D eigenvalue weighted by atomic mass is 9.96. The normalized spacial score (nSPS) is 28.7. The zero-order valence-electron chi connectivity index (χ0n) is 9.90. The standard InChI is InChI=1S/C12H12FN3O3/c13-6-1-2-9-7(3-6)16-11(18)12(19-9)4-8(10(14)17)15-5-12/h1-3,8,15H,4-5H2,(H2,14,17)(H,16,18)/t8-,12+/m0/s1. The molecule has 0 radical (unpaired) electrons. The highest BCUT2D eigenvalue weighted by Gasteiger charge is 2.51. The molecule has 3 rings (SSSR count). The zero-order valence-corrected chi connectivity index (χ0v) is 9.90. The summed E-state index contributed by atoms with van der Waals surface area (Å²) in [6.45, 7) is 0.184. The number of nitrogens with one attached hydrogen (secondary N) is 2. The van der Waals surface area contributed by atoms with Crippen LogP contribution in [0, 0.1) is 5.82 Å². The van der Waals surface area contributed by atoms with Gasteiger partial charge in [0, 0.05) is 19.0 Å².